The molecular formula is C16H20N4O3. The third kappa shape index (κ3) is 3.77. The van der Waals surface area contributed by atoms with Crippen LogP contribution in [0.4, 0.5) is 11.4 Å². The van der Waals surface area contributed by atoms with Gasteiger partial charge in [0.15, 0.2) is 0 Å². The zero-order valence-corrected chi connectivity index (χ0v) is 13.4. The largest absolute Gasteiger partial charge is 0.361 e. The lowest BCUT2D eigenvalue weighted by Gasteiger charge is -2.26. The zero-order chi connectivity index (χ0) is 17.0. The minimum absolute atomic E-state index is 0.0357. The van der Waals surface area contributed by atoms with E-state index < -0.39 is 4.92 Å². The van der Waals surface area contributed by atoms with Crippen molar-refractivity contribution in [3.05, 3.63) is 33.9 Å². The Hall–Kier alpha value is -2.62. The Kier molecular flexibility index (Phi) is 5.16. The van der Waals surface area contributed by atoms with Crippen LogP contribution in [0.5, 0.6) is 0 Å². The summed E-state index contributed by atoms with van der Waals surface area (Å²) in [6.45, 7) is 5.46. The van der Waals surface area contributed by atoms with Crippen LogP contribution in [0.25, 0.3) is 0 Å². The average Bonchev–Trinajstić information content (AvgIpc) is 2.94. The van der Waals surface area contributed by atoms with Crippen molar-refractivity contribution in [1.29, 1.82) is 5.26 Å². The molecule has 0 aromatic heterocycles. The van der Waals surface area contributed by atoms with Gasteiger partial charge in [0.25, 0.3) is 5.69 Å². The number of hydrogen-bond donors (Lipinski definition) is 0. The standard InChI is InChI=1S/C16H20N4O3/c1-3-18(10-12(2)9-17)16(21)11-19-7-6-13-4-5-14(20(22)23)8-15(13)19/h4-5,8,12H,3,6-7,10-11H2,1-2H3/t12-/m1/s1. The zero-order valence-electron chi connectivity index (χ0n) is 13.4. The number of nitriles is 1. The van der Waals surface area contributed by atoms with Crippen molar-refractivity contribution in [3.63, 3.8) is 0 Å². The SMILES string of the molecule is CCN(C[C@H](C)C#N)C(=O)CN1CCc2ccc([N+](=O)[O-])cc21. The molecule has 7 nitrogen and oxygen atoms in total. The van der Waals surface area contributed by atoms with E-state index in [1.807, 2.05) is 11.8 Å². The molecule has 0 bridgehead atoms. The maximum absolute atomic E-state index is 12.5. The van der Waals surface area contributed by atoms with Gasteiger partial charge in [0.2, 0.25) is 5.91 Å². The van der Waals surface area contributed by atoms with Crippen molar-refractivity contribution >= 4 is 17.3 Å². The molecule has 1 heterocycles. The molecule has 0 radical (unpaired) electrons. The van der Waals surface area contributed by atoms with Gasteiger partial charge in [-0.2, -0.15) is 5.26 Å². The number of nitrogens with zero attached hydrogens (tertiary/aromatic N) is 4. The third-order valence-corrected chi connectivity index (χ3v) is 4.05. The monoisotopic (exact) mass is 316 g/mol. The summed E-state index contributed by atoms with van der Waals surface area (Å²) in [5.74, 6) is -0.278. The summed E-state index contributed by atoms with van der Waals surface area (Å²) < 4.78 is 0. The number of carbonyl (C=O) groups excluding carboxylic acids is 1. The lowest BCUT2D eigenvalue weighted by atomic mass is 10.1. The number of carbonyl (C=O) groups is 1. The Balaban J connectivity index is 2.11. The Labute approximate surface area is 135 Å². The first-order valence-corrected chi connectivity index (χ1v) is 7.66. The minimum atomic E-state index is -0.425. The van der Waals surface area contributed by atoms with E-state index >= 15 is 0 Å². The molecule has 0 fully saturated rings. The van der Waals surface area contributed by atoms with Crippen molar-refractivity contribution in [2.24, 2.45) is 5.92 Å². The molecule has 1 aliphatic heterocycles. The number of hydrogen-bond acceptors (Lipinski definition) is 5. The van der Waals surface area contributed by atoms with Gasteiger partial charge in [-0.25, -0.2) is 0 Å². The minimum Gasteiger partial charge on any atom is -0.361 e. The summed E-state index contributed by atoms with van der Waals surface area (Å²) in [4.78, 5) is 26.5. The van der Waals surface area contributed by atoms with Crippen LogP contribution in [0.3, 0.4) is 0 Å². The van der Waals surface area contributed by atoms with Gasteiger partial charge in [-0.15, -0.1) is 0 Å². The number of fused-ring (bicyclic) bond motifs is 1. The summed E-state index contributed by atoms with van der Waals surface area (Å²) in [6, 6.07) is 6.92. The normalized spacial score (nSPS) is 14.0. The molecule has 0 aliphatic carbocycles. The van der Waals surface area contributed by atoms with Gasteiger partial charge in [0.05, 0.1) is 23.5 Å². The van der Waals surface area contributed by atoms with Crippen LogP contribution in [-0.4, -0.2) is 41.9 Å². The quantitative estimate of drug-likeness (QED) is 0.591. The van der Waals surface area contributed by atoms with Crippen LogP contribution in [0.15, 0.2) is 18.2 Å². The lowest BCUT2D eigenvalue weighted by molar-refractivity contribution is -0.384. The molecule has 1 atom stereocenters. The molecular weight excluding hydrogens is 296 g/mol. The predicted octanol–water partition coefficient (Wildman–Crippen LogP) is 1.97. The van der Waals surface area contributed by atoms with E-state index in [2.05, 4.69) is 6.07 Å². The van der Waals surface area contributed by atoms with Gasteiger partial charge in [0, 0.05) is 37.5 Å². The maximum Gasteiger partial charge on any atom is 0.271 e. The van der Waals surface area contributed by atoms with E-state index in [9.17, 15) is 14.9 Å². The van der Waals surface area contributed by atoms with Crippen molar-refractivity contribution < 1.29 is 9.72 Å². The van der Waals surface area contributed by atoms with Crippen LogP contribution in [-0.2, 0) is 11.2 Å². The molecule has 7 heteroatoms. The smallest absolute Gasteiger partial charge is 0.271 e. The summed E-state index contributed by atoms with van der Waals surface area (Å²) >= 11 is 0. The molecule has 0 saturated carbocycles. The Morgan fingerprint density at radius 1 is 1.57 bits per heavy atom. The molecule has 0 unspecified atom stereocenters. The van der Waals surface area contributed by atoms with Gasteiger partial charge >= 0.3 is 0 Å². The summed E-state index contributed by atoms with van der Waals surface area (Å²) in [7, 11) is 0. The Morgan fingerprint density at radius 3 is 2.91 bits per heavy atom. The summed E-state index contributed by atoms with van der Waals surface area (Å²) in [6.07, 6.45) is 0.779. The molecule has 0 saturated heterocycles. The number of anilines is 1. The van der Waals surface area contributed by atoms with E-state index in [0.29, 0.717) is 19.6 Å². The molecule has 1 amide bonds. The first-order valence-electron chi connectivity index (χ1n) is 7.66. The molecule has 122 valence electrons. The highest BCUT2D eigenvalue weighted by molar-refractivity contribution is 5.82. The van der Waals surface area contributed by atoms with Gasteiger partial charge in [0.1, 0.15) is 0 Å². The van der Waals surface area contributed by atoms with E-state index in [-0.39, 0.29) is 24.1 Å². The van der Waals surface area contributed by atoms with E-state index in [0.717, 1.165) is 17.7 Å². The van der Waals surface area contributed by atoms with Crippen molar-refractivity contribution in [1.82, 2.24) is 4.90 Å². The Morgan fingerprint density at radius 2 is 2.30 bits per heavy atom. The highest BCUT2D eigenvalue weighted by Crippen LogP contribution is 2.31. The number of non-ortho nitro benzene ring substituents is 1. The number of rotatable bonds is 6. The van der Waals surface area contributed by atoms with E-state index in [1.165, 1.54) is 12.1 Å². The molecule has 0 spiro atoms. The first kappa shape index (κ1) is 16.7. The predicted molar refractivity (Wildman–Crippen MR) is 86.0 cm³/mol. The lowest BCUT2D eigenvalue weighted by Crippen LogP contribution is -2.41. The molecule has 1 aromatic carbocycles. The molecule has 23 heavy (non-hydrogen) atoms. The van der Waals surface area contributed by atoms with Gasteiger partial charge in [-0.05, 0) is 25.8 Å². The maximum atomic E-state index is 12.5. The Bertz CT molecular complexity index is 653. The van der Waals surface area contributed by atoms with Crippen molar-refractivity contribution in [3.8, 4) is 6.07 Å². The topological polar surface area (TPSA) is 90.5 Å². The molecule has 0 N–H and O–H groups in total. The van der Waals surface area contributed by atoms with Crippen LogP contribution < -0.4 is 4.90 Å². The second-order valence-electron chi connectivity index (χ2n) is 5.70. The van der Waals surface area contributed by atoms with Gasteiger partial charge in [-0.1, -0.05) is 6.07 Å². The van der Waals surface area contributed by atoms with Crippen LogP contribution in [0, 0.1) is 27.4 Å². The fraction of sp³-hybridized carbons (Fsp3) is 0.500. The third-order valence-electron chi connectivity index (χ3n) is 4.05. The number of likely N-dealkylation sites (N-methyl/N-ethyl adjacent to an activating group) is 1. The highest BCUT2D eigenvalue weighted by Gasteiger charge is 2.25. The number of nitro benzene ring substituents is 1. The second kappa shape index (κ2) is 7.09. The van der Waals surface area contributed by atoms with Gasteiger partial charge in [-0.3, -0.25) is 14.9 Å². The van der Waals surface area contributed by atoms with Crippen LogP contribution >= 0.6 is 0 Å². The number of nitro groups is 1. The average molecular weight is 316 g/mol. The van der Waals surface area contributed by atoms with E-state index in [1.54, 1.807) is 17.9 Å². The van der Waals surface area contributed by atoms with Crippen LogP contribution in [0.1, 0.15) is 19.4 Å². The molecule has 1 aliphatic rings. The number of benzene rings is 1. The molecule has 1 aromatic rings. The number of amides is 1. The fourth-order valence-electron chi connectivity index (χ4n) is 2.75. The van der Waals surface area contributed by atoms with Gasteiger partial charge < -0.3 is 9.80 Å². The fourth-order valence-corrected chi connectivity index (χ4v) is 2.75. The highest BCUT2D eigenvalue weighted by atomic mass is 16.6. The van der Waals surface area contributed by atoms with E-state index in [4.69, 9.17) is 5.26 Å². The van der Waals surface area contributed by atoms with Crippen molar-refractivity contribution in [2.45, 2.75) is 20.3 Å². The van der Waals surface area contributed by atoms with Crippen LogP contribution in [0.2, 0.25) is 0 Å². The summed E-state index contributed by atoms with van der Waals surface area (Å²) in [5.41, 5.74) is 1.82. The second-order valence-corrected chi connectivity index (χ2v) is 5.70. The van der Waals surface area contributed by atoms with Crippen molar-refractivity contribution in [2.75, 3.05) is 31.1 Å². The molecule has 2 rings (SSSR count). The summed E-state index contributed by atoms with van der Waals surface area (Å²) in [5, 5.41) is 19.8. The first-order chi connectivity index (χ1) is 11.0.